The van der Waals surface area contributed by atoms with Crippen molar-refractivity contribution < 1.29 is 28.2 Å². The summed E-state index contributed by atoms with van der Waals surface area (Å²) in [6.45, 7) is 5.28. The predicted octanol–water partition coefficient (Wildman–Crippen LogP) is 4.71. The van der Waals surface area contributed by atoms with Crippen LogP contribution in [0, 0.1) is 11.7 Å². The van der Waals surface area contributed by atoms with Crippen LogP contribution in [0.3, 0.4) is 0 Å². The molecule has 0 saturated heterocycles. The average Bonchev–Trinajstić information content (AvgIpc) is 3.58. The Bertz CT molecular complexity index is 1720. The molecule has 1 aliphatic carbocycles. The lowest BCUT2D eigenvalue weighted by molar-refractivity contribution is 0.0465. The molecule has 1 atom stereocenters. The van der Waals surface area contributed by atoms with E-state index in [0.717, 1.165) is 24.6 Å². The number of carbonyl (C=O) groups excluding carboxylic acids is 2. The van der Waals surface area contributed by atoms with E-state index in [4.69, 9.17) is 14.7 Å². The number of alkyl halides is 1. The van der Waals surface area contributed by atoms with Crippen LogP contribution in [0.1, 0.15) is 49.7 Å². The van der Waals surface area contributed by atoms with Crippen molar-refractivity contribution in [1.82, 2.24) is 29.3 Å². The lowest BCUT2D eigenvalue weighted by Crippen LogP contribution is -2.50. The number of nitrogens with zero attached hydrogens (tertiary/aromatic N) is 5. The molecule has 1 saturated carbocycles. The van der Waals surface area contributed by atoms with Gasteiger partial charge in [-0.2, -0.15) is 0 Å². The minimum Gasteiger partial charge on any atom is -0.506 e. The minimum atomic E-state index is -0.918. The molecule has 42 heavy (non-hydrogen) atoms. The number of carbonyl (C=O) groups is 2. The fourth-order valence-corrected chi connectivity index (χ4v) is 5.60. The van der Waals surface area contributed by atoms with E-state index in [9.17, 15) is 23.5 Å². The Morgan fingerprint density at radius 3 is 2.67 bits per heavy atom. The van der Waals surface area contributed by atoms with Crippen molar-refractivity contribution in [2.45, 2.75) is 58.2 Å². The first-order valence-electron chi connectivity index (χ1n) is 14.1. The summed E-state index contributed by atoms with van der Waals surface area (Å²) in [4.78, 5) is 36.8. The van der Waals surface area contributed by atoms with Gasteiger partial charge in [-0.3, -0.25) is 4.79 Å². The number of aryl methyl sites for hydroxylation is 1. The average molecular weight is 581 g/mol. The fourth-order valence-electron chi connectivity index (χ4n) is 5.60. The van der Waals surface area contributed by atoms with Gasteiger partial charge in [-0.15, -0.1) is 0 Å². The molecule has 1 fully saturated rings. The summed E-state index contributed by atoms with van der Waals surface area (Å²) in [5.74, 6) is 0.104. The molecule has 3 aromatic heterocycles. The quantitative estimate of drug-likeness (QED) is 0.328. The van der Waals surface area contributed by atoms with Crippen molar-refractivity contribution in [3.05, 3.63) is 41.3 Å². The van der Waals surface area contributed by atoms with E-state index in [1.54, 1.807) is 26.8 Å². The van der Waals surface area contributed by atoms with Gasteiger partial charge in [0.25, 0.3) is 5.91 Å². The van der Waals surface area contributed by atoms with E-state index in [2.05, 4.69) is 5.32 Å². The summed E-state index contributed by atoms with van der Waals surface area (Å²) in [6.07, 6.45) is 1.90. The number of imidazole rings is 1. The van der Waals surface area contributed by atoms with Crippen molar-refractivity contribution in [3.8, 4) is 17.3 Å². The summed E-state index contributed by atoms with van der Waals surface area (Å²) < 4.78 is 37.0. The van der Waals surface area contributed by atoms with E-state index >= 15 is 0 Å². The van der Waals surface area contributed by atoms with E-state index in [1.165, 1.54) is 11.0 Å². The maximum atomic E-state index is 14.1. The Morgan fingerprint density at radius 2 is 1.98 bits per heavy atom. The molecule has 4 heterocycles. The Morgan fingerprint density at radius 1 is 1.21 bits per heavy atom. The van der Waals surface area contributed by atoms with Crippen LogP contribution >= 0.6 is 0 Å². The molecule has 2 aliphatic rings. The van der Waals surface area contributed by atoms with Crippen LogP contribution in [0.15, 0.2) is 24.3 Å². The highest BCUT2D eigenvalue weighted by atomic mass is 19.1. The summed E-state index contributed by atoms with van der Waals surface area (Å²) in [5, 5.41) is 13.7. The van der Waals surface area contributed by atoms with Crippen molar-refractivity contribution in [1.29, 1.82) is 0 Å². The highest BCUT2D eigenvalue weighted by molar-refractivity contribution is 5.99. The predicted molar refractivity (Wildman–Crippen MR) is 153 cm³/mol. The molecular weight excluding hydrogens is 546 g/mol. The molecule has 10 nitrogen and oxygen atoms in total. The zero-order valence-corrected chi connectivity index (χ0v) is 24.1. The van der Waals surface area contributed by atoms with Crippen LogP contribution in [-0.4, -0.2) is 72.5 Å². The first-order chi connectivity index (χ1) is 19.9. The molecule has 0 spiro atoms. The van der Waals surface area contributed by atoms with Crippen molar-refractivity contribution in [2.24, 2.45) is 13.0 Å². The minimum absolute atomic E-state index is 0.0131. The Balaban J connectivity index is 1.32. The number of phenolic OH excluding ortho intramolecular Hbond substituents is 1. The zero-order chi connectivity index (χ0) is 29.9. The first-order valence-corrected chi connectivity index (χ1v) is 14.1. The number of halogens is 2. The van der Waals surface area contributed by atoms with E-state index in [-0.39, 0.29) is 18.2 Å². The number of pyridine rings is 1. The highest BCUT2D eigenvalue weighted by Gasteiger charge is 2.31. The largest absolute Gasteiger partial charge is 0.506 e. The third-order valence-corrected chi connectivity index (χ3v) is 7.71. The van der Waals surface area contributed by atoms with Gasteiger partial charge >= 0.3 is 6.09 Å². The molecule has 12 heteroatoms. The standard InChI is InChI=1S/C30H34F2N6O4/c1-30(2,3)42-29(41)33-19(13-31)15-37-8-7-21-20(28(37)40)12-22-26(34-21)36(4)27(35-22)23-10-17-9-18(32)11-24(39)25(17)38(23)14-16-5-6-16/h9-12,16,19,39H,5-8,13-15H2,1-4H3,(H,33,41)/t19-/m1/s1. The SMILES string of the molecule is Cn1c(-c2cc3cc(F)cc(O)c3n2CC2CC2)nc2cc3c(nc21)CCN(C[C@@H](CF)NC(=O)OC(C)(C)C)C3=O. The second kappa shape index (κ2) is 10.2. The molecule has 1 aromatic carbocycles. The first kappa shape index (κ1) is 27.9. The molecule has 0 radical (unpaired) electrons. The number of aromatic nitrogens is 4. The van der Waals surface area contributed by atoms with Gasteiger partial charge in [-0.25, -0.2) is 23.5 Å². The van der Waals surface area contributed by atoms with Crippen molar-refractivity contribution >= 4 is 34.1 Å². The highest BCUT2D eigenvalue weighted by Crippen LogP contribution is 2.39. The summed E-state index contributed by atoms with van der Waals surface area (Å²) in [6, 6.07) is 5.12. The fraction of sp³-hybridized carbons (Fsp3) is 0.467. The maximum absolute atomic E-state index is 14.1. The number of hydrogen-bond acceptors (Lipinski definition) is 6. The van der Waals surface area contributed by atoms with Crippen LogP contribution in [0.5, 0.6) is 5.75 Å². The molecule has 1 aliphatic heterocycles. The number of amides is 2. The van der Waals surface area contributed by atoms with Gasteiger partial charge in [0, 0.05) is 44.6 Å². The molecule has 6 rings (SSSR count). The van der Waals surface area contributed by atoms with Crippen molar-refractivity contribution in [3.63, 3.8) is 0 Å². The van der Waals surface area contributed by atoms with Gasteiger partial charge in [0.1, 0.15) is 29.4 Å². The maximum Gasteiger partial charge on any atom is 0.408 e. The number of ether oxygens (including phenoxy) is 1. The Hall–Kier alpha value is -4.22. The second-order valence-electron chi connectivity index (χ2n) is 12.3. The number of fused-ring (bicyclic) bond motifs is 3. The molecule has 0 bridgehead atoms. The zero-order valence-electron chi connectivity index (χ0n) is 24.1. The normalized spacial score (nSPS) is 16.2. The second-order valence-corrected chi connectivity index (χ2v) is 12.3. The molecule has 222 valence electrons. The number of phenols is 1. The number of alkyl carbamates (subject to hydrolysis) is 1. The lowest BCUT2D eigenvalue weighted by Gasteiger charge is -2.31. The van der Waals surface area contributed by atoms with Gasteiger partial charge in [-0.1, -0.05) is 0 Å². The Kier molecular flexibility index (Phi) is 6.81. The topological polar surface area (TPSA) is 115 Å². The molecule has 2 N–H and O–H groups in total. The molecule has 4 aromatic rings. The van der Waals surface area contributed by atoms with Gasteiger partial charge < -0.3 is 29.2 Å². The molecular formula is C30H34F2N6O4. The van der Waals surface area contributed by atoms with Gasteiger partial charge in [-0.05, 0) is 57.7 Å². The van der Waals surface area contributed by atoms with Gasteiger partial charge in [0.15, 0.2) is 11.5 Å². The van der Waals surface area contributed by atoms with E-state index in [1.807, 2.05) is 22.2 Å². The van der Waals surface area contributed by atoms with Crippen LogP contribution in [0.4, 0.5) is 13.6 Å². The Labute approximate surface area is 241 Å². The third kappa shape index (κ3) is 5.25. The van der Waals surface area contributed by atoms with Crippen LogP contribution in [0.2, 0.25) is 0 Å². The van der Waals surface area contributed by atoms with E-state index in [0.29, 0.717) is 64.6 Å². The number of benzene rings is 1. The van der Waals surface area contributed by atoms with E-state index < -0.39 is 30.2 Å². The van der Waals surface area contributed by atoms with Crippen molar-refractivity contribution in [2.75, 3.05) is 19.8 Å². The van der Waals surface area contributed by atoms with Gasteiger partial charge in [0.05, 0.1) is 28.5 Å². The number of rotatable bonds is 7. The summed E-state index contributed by atoms with van der Waals surface area (Å²) >= 11 is 0. The van der Waals surface area contributed by atoms with Crippen LogP contribution in [0.25, 0.3) is 33.6 Å². The summed E-state index contributed by atoms with van der Waals surface area (Å²) in [5.41, 5.74) is 2.66. The number of aromatic hydroxyl groups is 1. The lowest BCUT2D eigenvalue weighted by atomic mass is 10.0. The number of hydrogen-bond donors (Lipinski definition) is 2. The number of nitrogens with one attached hydrogen (secondary N) is 1. The van der Waals surface area contributed by atoms with Crippen LogP contribution < -0.4 is 5.32 Å². The monoisotopic (exact) mass is 580 g/mol. The summed E-state index contributed by atoms with van der Waals surface area (Å²) in [7, 11) is 1.84. The smallest absolute Gasteiger partial charge is 0.408 e. The van der Waals surface area contributed by atoms with Gasteiger partial charge in [0.2, 0.25) is 0 Å². The van der Waals surface area contributed by atoms with Crippen LogP contribution in [-0.2, 0) is 24.8 Å². The molecule has 0 unspecified atom stereocenters. The third-order valence-electron chi connectivity index (χ3n) is 7.71. The molecule has 2 amide bonds.